The number of sulfonamides is 2. The van der Waals surface area contributed by atoms with Gasteiger partial charge < -0.3 is 0 Å². The van der Waals surface area contributed by atoms with Crippen molar-refractivity contribution < 1.29 is 30.0 Å². The largest absolute Gasteiger partial charge is 0.416 e. The molecule has 0 saturated carbocycles. The number of nitriles is 1. The van der Waals surface area contributed by atoms with Gasteiger partial charge in [-0.15, -0.1) is 0 Å². The van der Waals surface area contributed by atoms with E-state index < -0.39 is 36.7 Å². The number of unbranched alkanes of at least 4 members (excludes halogenated alkanes) is 2. The van der Waals surface area contributed by atoms with E-state index in [-0.39, 0.29) is 38.4 Å². The van der Waals surface area contributed by atoms with Gasteiger partial charge in [0.05, 0.1) is 22.3 Å². The first kappa shape index (κ1) is 22.6. The highest BCUT2D eigenvalue weighted by atomic mass is 32.2. The molecule has 0 bridgehead atoms. The van der Waals surface area contributed by atoms with Crippen molar-refractivity contribution in [2.75, 3.05) is 31.9 Å². The molecule has 0 radical (unpaired) electrons. The van der Waals surface area contributed by atoms with Crippen molar-refractivity contribution in [1.82, 2.24) is 8.61 Å². The van der Waals surface area contributed by atoms with Crippen LogP contribution in [0.25, 0.3) is 0 Å². The molecule has 0 amide bonds. The zero-order valence-corrected chi connectivity index (χ0v) is 16.5. The molecule has 7 nitrogen and oxygen atoms in total. The molecule has 28 heavy (non-hydrogen) atoms. The van der Waals surface area contributed by atoms with Crippen LogP contribution in [0.3, 0.4) is 0 Å². The molecule has 0 N–H and O–H groups in total. The number of hydrogen-bond donors (Lipinski definition) is 0. The van der Waals surface area contributed by atoms with Gasteiger partial charge in [0.2, 0.25) is 20.0 Å². The van der Waals surface area contributed by atoms with Crippen LogP contribution in [0.5, 0.6) is 0 Å². The van der Waals surface area contributed by atoms with Gasteiger partial charge in [0.1, 0.15) is 0 Å². The van der Waals surface area contributed by atoms with Crippen LogP contribution in [0.15, 0.2) is 29.2 Å². The summed E-state index contributed by atoms with van der Waals surface area (Å²) in [7, 11) is -7.73. The van der Waals surface area contributed by atoms with Crippen LogP contribution in [0.2, 0.25) is 0 Å². The van der Waals surface area contributed by atoms with Crippen LogP contribution in [-0.2, 0) is 26.2 Å². The van der Waals surface area contributed by atoms with Gasteiger partial charge in [0, 0.05) is 32.6 Å². The standard InChI is InChI=1S/C16H20F3N3O4S2/c17-16(18,19)14-5-4-6-15(13-14)28(25,26)22-10-8-21(9-11-22)27(23,24)12-3-1-2-7-20/h4-6,13H,1-3,8-12H2. The van der Waals surface area contributed by atoms with Crippen LogP contribution < -0.4 is 0 Å². The summed E-state index contributed by atoms with van der Waals surface area (Å²) in [4.78, 5) is -0.477. The van der Waals surface area contributed by atoms with Gasteiger partial charge in [0.25, 0.3) is 0 Å². The third-order valence-electron chi connectivity index (χ3n) is 4.33. The fourth-order valence-corrected chi connectivity index (χ4v) is 5.80. The van der Waals surface area contributed by atoms with Gasteiger partial charge in [-0.3, -0.25) is 0 Å². The van der Waals surface area contributed by atoms with E-state index in [0.717, 1.165) is 22.5 Å². The highest BCUT2D eigenvalue weighted by Gasteiger charge is 2.35. The first-order valence-corrected chi connectivity index (χ1v) is 11.6. The maximum absolute atomic E-state index is 12.8. The first-order chi connectivity index (χ1) is 13.0. The van der Waals surface area contributed by atoms with Crippen molar-refractivity contribution in [3.8, 4) is 6.07 Å². The Morgan fingerprint density at radius 2 is 1.61 bits per heavy atom. The summed E-state index contributed by atoms with van der Waals surface area (Å²) in [6.45, 7) is -0.427. The molecular formula is C16H20F3N3O4S2. The molecule has 1 aromatic rings. The molecular weight excluding hydrogens is 419 g/mol. The molecule has 0 spiro atoms. The van der Waals surface area contributed by atoms with Crippen LogP contribution >= 0.6 is 0 Å². The number of alkyl halides is 3. The lowest BCUT2D eigenvalue weighted by Crippen LogP contribution is -2.50. The Kier molecular flexibility index (Phi) is 7.08. The van der Waals surface area contributed by atoms with E-state index in [1.807, 2.05) is 6.07 Å². The predicted molar refractivity (Wildman–Crippen MR) is 95.0 cm³/mol. The Morgan fingerprint density at radius 1 is 1.00 bits per heavy atom. The number of benzene rings is 1. The number of rotatable bonds is 7. The van der Waals surface area contributed by atoms with E-state index in [1.54, 1.807) is 0 Å². The van der Waals surface area contributed by atoms with Crippen LogP contribution in [0.4, 0.5) is 13.2 Å². The summed E-state index contributed by atoms with van der Waals surface area (Å²) in [5.41, 5.74) is -1.06. The lowest BCUT2D eigenvalue weighted by molar-refractivity contribution is -0.137. The van der Waals surface area contributed by atoms with E-state index in [2.05, 4.69) is 0 Å². The van der Waals surface area contributed by atoms with Gasteiger partial charge in [-0.2, -0.15) is 27.0 Å². The third-order valence-corrected chi connectivity index (χ3v) is 8.18. The summed E-state index contributed by atoms with van der Waals surface area (Å²) < 4.78 is 90.5. The van der Waals surface area contributed by atoms with E-state index >= 15 is 0 Å². The monoisotopic (exact) mass is 439 g/mol. The van der Waals surface area contributed by atoms with Crippen molar-refractivity contribution in [2.24, 2.45) is 0 Å². The molecule has 1 aliphatic heterocycles. The van der Waals surface area contributed by atoms with Crippen LogP contribution in [0, 0.1) is 11.3 Å². The quantitative estimate of drug-likeness (QED) is 0.606. The zero-order valence-electron chi connectivity index (χ0n) is 14.9. The second-order valence-electron chi connectivity index (χ2n) is 6.26. The lowest BCUT2D eigenvalue weighted by atomic mass is 10.2. The normalized spacial score (nSPS) is 17.4. The SMILES string of the molecule is N#CCCCCS(=O)(=O)N1CCN(S(=O)(=O)c2cccc(C(F)(F)F)c2)CC1. The molecule has 0 atom stereocenters. The molecule has 1 aromatic carbocycles. The summed E-state index contributed by atoms with van der Waals surface area (Å²) in [5, 5.41) is 8.47. The Balaban J connectivity index is 2.05. The highest BCUT2D eigenvalue weighted by Crippen LogP contribution is 2.31. The average molecular weight is 439 g/mol. The predicted octanol–water partition coefficient (Wildman–Crippen LogP) is 2.04. The summed E-state index contributed by atoms with van der Waals surface area (Å²) in [6.07, 6.45) is -3.61. The first-order valence-electron chi connectivity index (χ1n) is 8.50. The van der Waals surface area contributed by atoms with Crippen molar-refractivity contribution in [2.45, 2.75) is 30.3 Å². The van der Waals surface area contributed by atoms with Gasteiger partial charge in [0.15, 0.2) is 0 Å². The fourth-order valence-electron chi connectivity index (χ4n) is 2.79. The molecule has 156 valence electrons. The van der Waals surface area contributed by atoms with E-state index in [9.17, 15) is 30.0 Å². The Morgan fingerprint density at radius 3 is 2.18 bits per heavy atom. The molecule has 1 heterocycles. The van der Waals surface area contributed by atoms with E-state index in [1.165, 1.54) is 4.31 Å². The van der Waals surface area contributed by atoms with Crippen molar-refractivity contribution >= 4 is 20.0 Å². The fraction of sp³-hybridized carbons (Fsp3) is 0.562. The Hall–Kier alpha value is -1.68. The third kappa shape index (κ3) is 5.44. The average Bonchev–Trinajstić information content (AvgIpc) is 2.65. The minimum Gasteiger partial charge on any atom is -0.212 e. The van der Waals surface area contributed by atoms with Crippen LogP contribution in [0.1, 0.15) is 24.8 Å². The molecule has 1 fully saturated rings. The smallest absolute Gasteiger partial charge is 0.212 e. The van der Waals surface area contributed by atoms with Crippen molar-refractivity contribution in [3.05, 3.63) is 29.8 Å². The maximum Gasteiger partial charge on any atom is 0.416 e. The molecule has 2 rings (SSSR count). The van der Waals surface area contributed by atoms with Gasteiger partial charge in [-0.25, -0.2) is 16.8 Å². The zero-order chi connectivity index (χ0) is 21.0. The second kappa shape index (κ2) is 8.77. The number of piperazine rings is 1. The van der Waals surface area contributed by atoms with Gasteiger partial charge in [-0.1, -0.05) is 6.07 Å². The maximum atomic E-state index is 12.8. The van der Waals surface area contributed by atoms with Crippen molar-refractivity contribution in [3.63, 3.8) is 0 Å². The molecule has 0 aliphatic carbocycles. The van der Waals surface area contributed by atoms with Gasteiger partial charge in [-0.05, 0) is 31.0 Å². The van der Waals surface area contributed by atoms with E-state index in [0.29, 0.717) is 18.9 Å². The van der Waals surface area contributed by atoms with Crippen LogP contribution in [-0.4, -0.2) is 57.4 Å². The van der Waals surface area contributed by atoms with Crippen molar-refractivity contribution in [1.29, 1.82) is 5.26 Å². The van der Waals surface area contributed by atoms with Gasteiger partial charge >= 0.3 is 6.18 Å². The number of nitrogens with zero attached hydrogens (tertiary/aromatic N) is 3. The minimum absolute atomic E-state index is 0.0707. The second-order valence-corrected chi connectivity index (χ2v) is 10.3. The molecule has 1 aliphatic rings. The number of halogens is 3. The highest BCUT2D eigenvalue weighted by molar-refractivity contribution is 7.89. The Bertz CT molecular complexity index is 933. The number of hydrogen-bond acceptors (Lipinski definition) is 5. The lowest BCUT2D eigenvalue weighted by Gasteiger charge is -2.33. The minimum atomic E-state index is -4.66. The summed E-state index contributed by atoms with van der Waals surface area (Å²) >= 11 is 0. The Labute approximate surface area is 162 Å². The summed E-state index contributed by atoms with van der Waals surface area (Å²) in [6, 6.07) is 5.41. The molecule has 1 saturated heterocycles. The topological polar surface area (TPSA) is 98.5 Å². The molecule has 0 unspecified atom stereocenters. The molecule has 0 aromatic heterocycles. The summed E-state index contributed by atoms with van der Waals surface area (Å²) in [5.74, 6) is -0.130. The van der Waals surface area contributed by atoms with E-state index in [4.69, 9.17) is 5.26 Å². The molecule has 12 heteroatoms.